The van der Waals surface area contributed by atoms with Gasteiger partial charge in [0, 0.05) is 6.20 Å². The fraction of sp³-hybridized carbons (Fsp3) is 0.0556. The van der Waals surface area contributed by atoms with E-state index in [0.717, 1.165) is 11.9 Å². The molecule has 0 N–H and O–H groups in total. The van der Waals surface area contributed by atoms with Gasteiger partial charge in [0.1, 0.15) is 21.7 Å². The summed E-state index contributed by atoms with van der Waals surface area (Å²) in [5, 5.41) is 2.84. The van der Waals surface area contributed by atoms with Crippen molar-refractivity contribution in [1.82, 2.24) is 4.98 Å². The third kappa shape index (κ3) is 3.33. The molecule has 0 aliphatic carbocycles. The van der Waals surface area contributed by atoms with Gasteiger partial charge in [0.15, 0.2) is 22.0 Å². The SMILES string of the molecule is I[P+](Cc1ccccn1)(c1ccccc1)c1ccccc1. The van der Waals surface area contributed by atoms with Crippen LogP contribution in [-0.2, 0) is 6.16 Å². The van der Waals surface area contributed by atoms with Crippen LogP contribution in [0.25, 0.3) is 0 Å². The van der Waals surface area contributed by atoms with Crippen molar-refractivity contribution in [2.24, 2.45) is 0 Å². The lowest BCUT2D eigenvalue weighted by atomic mass is 10.4. The average Bonchev–Trinajstić information content (AvgIpc) is 2.57. The van der Waals surface area contributed by atoms with E-state index in [1.807, 2.05) is 12.3 Å². The lowest BCUT2D eigenvalue weighted by Crippen LogP contribution is -2.19. The van der Waals surface area contributed by atoms with Crippen molar-refractivity contribution < 1.29 is 0 Å². The molecule has 0 aliphatic heterocycles. The smallest absolute Gasteiger partial charge is 0.167 e. The second-order valence-electron chi connectivity index (χ2n) is 4.87. The van der Waals surface area contributed by atoms with Gasteiger partial charge in [0.25, 0.3) is 0 Å². The van der Waals surface area contributed by atoms with Crippen LogP contribution in [0.2, 0.25) is 0 Å². The van der Waals surface area contributed by atoms with Crippen molar-refractivity contribution in [3.05, 3.63) is 90.8 Å². The van der Waals surface area contributed by atoms with Crippen molar-refractivity contribution >= 4 is 37.6 Å². The maximum atomic E-state index is 4.54. The molecule has 104 valence electrons. The summed E-state index contributed by atoms with van der Waals surface area (Å²) in [4.78, 5) is 3.05. The van der Waals surface area contributed by atoms with E-state index in [9.17, 15) is 0 Å². The maximum absolute atomic E-state index is 4.54. The largest absolute Gasteiger partial charge is 0.257 e. The Hall–Kier alpha value is -1.25. The normalized spacial score (nSPS) is 11.3. The van der Waals surface area contributed by atoms with Crippen molar-refractivity contribution in [1.29, 1.82) is 0 Å². The molecule has 0 aliphatic rings. The first kappa shape index (κ1) is 14.7. The van der Waals surface area contributed by atoms with E-state index in [0.29, 0.717) is 0 Å². The minimum atomic E-state index is -1.49. The fourth-order valence-corrected chi connectivity index (χ4v) is 7.94. The molecule has 3 aromatic rings. The van der Waals surface area contributed by atoms with Gasteiger partial charge in [-0.25, -0.2) is 0 Å². The van der Waals surface area contributed by atoms with Gasteiger partial charge in [-0.1, -0.05) is 42.5 Å². The average molecular weight is 404 g/mol. The Kier molecular flexibility index (Phi) is 4.67. The number of rotatable bonds is 4. The second kappa shape index (κ2) is 6.67. The number of halogens is 1. The highest BCUT2D eigenvalue weighted by atomic mass is 127. The Labute approximate surface area is 139 Å². The van der Waals surface area contributed by atoms with Gasteiger partial charge in [-0.2, -0.15) is 0 Å². The molecule has 0 spiro atoms. The lowest BCUT2D eigenvalue weighted by Gasteiger charge is -2.19. The van der Waals surface area contributed by atoms with Crippen LogP contribution in [0.1, 0.15) is 5.69 Å². The Morgan fingerprint density at radius 1 is 0.714 bits per heavy atom. The van der Waals surface area contributed by atoms with Gasteiger partial charge >= 0.3 is 0 Å². The van der Waals surface area contributed by atoms with Crippen molar-refractivity contribution in [3.63, 3.8) is 0 Å². The Morgan fingerprint density at radius 3 is 1.71 bits per heavy atom. The Morgan fingerprint density at radius 2 is 1.24 bits per heavy atom. The quantitative estimate of drug-likeness (QED) is 0.458. The van der Waals surface area contributed by atoms with Crippen LogP contribution in [0.5, 0.6) is 0 Å². The number of hydrogen-bond donors (Lipinski definition) is 0. The van der Waals surface area contributed by atoms with Crippen molar-refractivity contribution in [2.45, 2.75) is 6.16 Å². The first-order valence-corrected chi connectivity index (χ1v) is 11.6. The van der Waals surface area contributed by atoms with Gasteiger partial charge in [0.2, 0.25) is 0 Å². The molecule has 0 amide bonds. The highest BCUT2D eigenvalue weighted by Crippen LogP contribution is 2.66. The summed E-state index contributed by atoms with van der Waals surface area (Å²) < 4.78 is 0. The molecule has 3 heteroatoms. The molecule has 0 bridgehead atoms. The van der Waals surface area contributed by atoms with Crippen LogP contribution in [0.3, 0.4) is 0 Å². The number of aromatic nitrogens is 1. The predicted octanol–water partition coefficient (Wildman–Crippen LogP) is 4.60. The van der Waals surface area contributed by atoms with E-state index in [1.165, 1.54) is 10.6 Å². The molecule has 0 unspecified atom stereocenters. The van der Waals surface area contributed by atoms with E-state index in [-0.39, 0.29) is 0 Å². The summed E-state index contributed by atoms with van der Waals surface area (Å²) >= 11 is 2.68. The van der Waals surface area contributed by atoms with Crippen molar-refractivity contribution in [3.8, 4) is 0 Å². The molecule has 21 heavy (non-hydrogen) atoms. The van der Waals surface area contributed by atoms with Gasteiger partial charge < -0.3 is 0 Å². The van der Waals surface area contributed by atoms with Crippen LogP contribution >= 0.6 is 26.9 Å². The summed E-state index contributed by atoms with van der Waals surface area (Å²) in [6.45, 7) is 0. The van der Waals surface area contributed by atoms with E-state index < -0.39 is 4.90 Å². The number of pyridine rings is 1. The third-order valence-corrected chi connectivity index (χ3v) is 10.8. The molecule has 0 saturated carbocycles. The highest BCUT2D eigenvalue weighted by molar-refractivity contribution is 14.2. The van der Waals surface area contributed by atoms with Crippen LogP contribution in [-0.4, -0.2) is 4.98 Å². The second-order valence-corrected chi connectivity index (χ2v) is 12.6. The number of benzene rings is 2. The first-order chi connectivity index (χ1) is 10.3. The van der Waals surface area contributed by atoms with E-state index in [1.54, 1.807) is 0 Å². The molecule has 0 fully saturated rings. The molecule has 1 nitrogen and oxygen atoms in total. The third-order valence-electron chi connectivity index (χ3n) is 3.44. The van der Waals surface area contributed by atoms with Gasteiger partial charge in [0.05, 0.1) is 5.69 Å². The van der Waals surface area contributed by atoms with Crippen LogP contribution in [0.15, 0.2) is 85.1 Å². The molecule has 0 saturated heterocycles. The number of nitrogens with zero attached hydrogens (tertiary/aromatic N) is 1. The molecule has 1 aromatic heterocycles. The summed E-state index contributed by atoms with van der Waals surface area (Å²) in [5.74, 6) is 0. The van der Waals surface area contributed by atoms with E-state index in [4.69, 9.17) is 0 Å². The summed E-state index contributed by atoms with van der Waals surface area (Å²) in [6.07, 6.45) is 2.87. The molecule has 1 heterocycles. The molecule has 2 aromatic carbocycles. The molecule has 0 atom stereocenters. The zero-order valence-corrected chi connectivity index (χ0v) is 14.6. The molecular formula is C18H16INP+. The minimum Gasteiger partial charge on any atom is -0.257 e. The topological polar surface area (TPSA) is 12.9 Å². The molecular weight excluding hydrogens is 388 g/mol. The first-order valence-electron chi connectivity index (χ1n) is 6.88. The van der Waals surface area contributed by atoms with Crippen LogP contribution < -0.4 is 10.6 Å². The lowest BCUT2D eigenvalue weighted by molar-refractivity contribution is 1.17. The Bertz CT molecular complexity index is 647. The summed E-state index contributed by atoms with van der Waals surface area (Å²) in [6, 6.07) is 27.8. The van der Waals surface area contributed by atoms with Crippen LogP contribution in [0.4, 0.5) is 0 Å². The summed E-state index contributed by atoms with van der Waals surface area (Å²) in [5.41, 5.74) is 1.16. The van der Waals surface area contributed by atoms with Crippen LogP contribution in [0, 0.1) is 0 Å². The molecule has 3 rings (SSSR count). The van der Waals surface area contributed by atoms with Crippen molar-refractivity contribution in [2.75, 3.05) is 0 Å². The zero-order valence-electron chi connectivity index (χ0n) is 11.6. The summed E-state index contributed by atoms with van der Waals surface area (Å²) in [7, 11) is 0. The zero-order chi connectivity index (χ0) is 14.5. The number of hydrogen-bond acceptors (Lipinski definition) is 1. The highest BCUT2D eigenvalue weighted by Gasteiger charge is 2.41. The van der Waals surface area contributed by atoms with E-state index >= 15 is 0 Å². The monoisotopic (exact) mass is 404 g/mol. The van der Waals surface area contributed by atoms with Gasteiger partial charge in [-0.15, -0.1) is 0 Å². The Balaban J connectivity index is 2.07. The fourth-order valence-electron chi connectivity index (χ4n) is 2.38. The minimum absolute atomic E-state index is 0.989. The maximum Gasteiger partial charge on any atom is 0.167 e. The van der Waals surface area contributed by atoms with Gasteiger partial charge in [-0.05, 0) is 36.4 Å². The molecule has 0 radical (unpaired) electrons. The van der Waals surface area contributed by atoms with E-state index in [2.05, 4.69) is 99.8 Å². The predicted molar refractivity (Wildman–Crippen MR) is 101 cm³/mol. The van der Waals surface area contributed by atoms with Gasteiger partial charge in [-0.3, -0.25) is 4.98 Å². The standard InChI is InChI=1S/C18H16INP/c19-21(17-10-3-1-4-11-17,18-12-5-2-6-13-18)15-16-9-7-8-14-20-16/h1-14H,15H2/q+1.